The minimum atomic E-state index is -0.668. The number of para-hydroxylation sites is 2. The zero-order chi connectivity index (χ0) is 24.3. The van der Waals surface area contributed by atoms with Crippen LogP contribution in [0, 0.1) is 17.0 Å². The molecule has 8 heteroatoms. The molecule has 1 aromatic heterocycles. The summed E-state index contributed by atoms with van der Waals surface area (Å²) in [6.07, 6.45) is 0. The van der Waals surface area contributed by atoms with E-state index in [-0.39, 0.29) is 33.7 Å². The molecule has 0 aliphatic carbocycles. The van der Waals surface area contributed by atoms with Crippen molar-refractivity contribution in [3.63, 3.8) is 0 Å². The number of aryl methyl sites for hydroxylation is 1. The third-order valence-electron chi connectivity index (χ3n) is 6.02. The van der Waals surface area contributed by atoms with Gasteiger partial charge in [-0.2, -0.15) is 0 Å². The quantitative estimate of drug-likeness (QED) is 0.168. The zero-order valence-corrected chi connectivity index (χ0v) is 18.3. The first-order chi connectivity index (χ1) is 16.9. The van der Waals surface area contributed by atoms with E-state index in [2.05, 4.69) is 0 Å². The van der Waals surface area contributed by atoms with Gasteiger partial charge in [-0.1, -0.05) is 42.5 Å². The molecule has 4 aromatic carbocycles. The van der Waals surface area contributed by atoms with Gasteiger partial charge in [-0.3, -0.25) is 19.7 Å². The maximum Gasteiger partial charge on any atom is 0.293 e. The smallest absolute Gasteiger partial charge is 0.293 e. The normalized spacial score (nSPS) is 13.0. The minimum absolute atomic E-state index is 0.0820. The highest BCUT2D eigenvalue weighted by molar-refractivity contribution is 6.35. The number of nitro benzene ring substituents is 1. The number of benzene rings is 4. The van der Waals surface area contributed by atoms with Crippen LogP contribution < -0.4 is 4.90 Å². The van der Waals surface area contributed by atoms with Crippen molar-refractivity contribution in [1.29, 1.82) is 0 Å². The first-order valence-electron chi connectivity index (χ1n) is 10.8. The molecule has 0 saturated carbocycles. The van der Waals surface area contributed by atoms with Crippen LogP contribution in [-0.4, -0.2) is 16.7 Å². The summed E-state index contributed by atoms with van der Waals surface area (Å²) in [6, 6.07) is 22.1. The molecule has 8 nitrogen and oxygen atoms in total. The van der Waals surface area contributed by atoms with Crippen LogP contribution in [0.5, 0.6) is 0 Å². The average Bonchev–Trinajstić information content (AvgIpc) is 3.08. The Balaban J connectivity index is 1.64. The van der Waals surface area contributed by atoms with E-state index in [9.17, 15) is 19.7 Å². The molecule has 6 rings (SSSR count). The van der Waals surface area contributed by atoms with Gasteiger partial charge in [-0.25, -0.2) is 4.90 Å². The highest BCUT2D eigenvalue weighted by Crippen LogP contribution is 2.37. The predicted molar refractivity (Wildman–Crippen MR) is 130 cm³/mol. The number of carbonyl (C=O) groups excluding carboxylic acids is 2. The lowest BCUT2D eigenvalue weighted by Crippen LogP contribution is -2.30. The highest BCUT2D eigenvalue weighted by Gasteiger charge is 2.40. The van der Waals surface area contributed by atoms with E-state index in [1.165, 1.54) is 24.3 Å². The lowest BCUT2D eigenvalue weighted by atomic mass is 10.1. The molecular formula is C27H16N2O6. The molecule has 1 aliphatic rings. The van der Waals surface area contributed by atoms with Crippen LogP contribution in [0.25, 0.3) is 33.1 Å². The fraction of sp³-hybridized carbons (Fsp3) is 0.0370. The monoisotopic (exact) mass is 464 g/mol. The number of amides is 2. The second kappa shape index (κ2) is 7.53. The maximum atomic E-state index is 13.3. The van der Waals surface area contributed by atoms with Crippen molar-refractivity contribution in [2.75, 3.05) is 4.90 Å². The summed E-state index contributed by atoms with van der Waals surface area (Å²) in [6.45, 7) is 1.70. The van der Waals surface area contributed by atoms with Crippen LogP contribution in [-0.2, 0) is 0 Å². The Morgan fingerprint density at radius 3 is 1.74 bits per heavy atom. The van der Waals surface area contributed by atoms with Crippen molar-refractivity contribution >= 4 is 56.3 Å². The summed E-state index contributed by atoms with van der Waals surface area (Å²) in [5, 5.41) is 13.3. The molecule has 0 saturated heterocycles. The van der Waals surface area contributed by atoms with Gasteiger partial charge in [0.2, 0.25) is 0 Å². The van der Waals surface area contributed by atoms with Crippen molar-refractivity contribution in [2.45, 2.75) is 6.92 Å². The number of anilines is 1. The lowest BCUT2D eigenvalue weighted by Gasteiger charge is -2.14. The van der Waals surface area contributed by atoms with Crippen LogP contribution in [0.1, 0.15) is 26.3 Å². The van der Waals surface area contributed by atoms with Gasteiger partial charge < -0.3 is 8.83 Å². The number of imide groups is 1. The van der Waals surface area contributed by atoms with Gasteiger partial charge in [-0.15, -0.1) is 0 Å². The fourth-order valence-corrected chi connectivity index (χ4v) is 4.39. The van der Waals surface area contributed by atoms with E-state index >= 15 is 0 Å². The van der Waals surface area contributed by atoms with Gasteiger partial charge in [0.1, 0.15) is 16.9 Å². The molecule has 1 aliphatic heterocycles. The highest BCUT2D eigenvalue weighted by atomic mass is 16.6. The zero-order valence-electron chi connectivity index (χ0n) is 18.3. The van der Waals surface area contributed by atoms with Gasteiger partial charge in [0, 0.05) is 16.8 Å². The van der Waals surface area contributed by atoms with E-state index in [4.69, 9.17) is 8.83 Å². The van der Waals surface area contributed by atoms with Gasteiger partial charge >= 0.3 is 0 Å². The predicted octanol–water partition coefficient (Wildman–Crippen LogP) is 6.47. The Morgan fingerprint density at radius 2 is 1.23 bits per heavy atom. The topological polar surface area (TPSA) is 107 Å². The SMILES string of the molecule is Cc1ccc(N2C(=O)c3cc4oc5ccccc5c5ccccc5oc4cc3C2=O)c([N+](=O)[O-])c1. The van der Waals surface area contributed by atoms with Crippen molar-refractivity contribution in [1.82, 2.24) is 0 Å². The van der Waals surface area contributed by atoms with Crippen LogP contribution in [0.2, 0.25) is 0 Å². The summed E-state index contributed by atoms with van der Waals surface area (Å²) in [7, 11) is 0. The molecule has 2 amide bonds. The molecule has 0 N–H and O–H groups in total. The molecule has 0 spiro atoms. The number of nitrogens with zero attached hydrogens (tertiary/aromatic N) is 2. The largest absolute Gasteiger partial charge is 0.453 e. The van der Waals surface area contributed by atoms with Gasteiger partial charge in [0.25, 0.3) is 17.5 Å². The summed E-state index contributed by atoms with van der Waals surface area (Å²) in [4.78, 5) is 38.6. The average molecular weight is 464 g/mol. The van der Waals surface area contributed by atoms with E-state index in [1.54, 1.807) is 13.0 Å². The summed E-state index contributed by atoms with van der Waals surface area (Å²) >= 11 is 0. The minimum Gasteiger partial charge on any atom is -0.453 e. The fourth-order valence-electron chi connectivity index (χ4n) is 4.39. The third-order valence-corrected chi connectivity index (χ3v) is 6.02. The number of hydrogen-bond donors (Lipinski definition) is 0. The van der Waals surface area contributed by atoms with Crippen LogP contribution in [0.15, 0.2) is 87.7 Å². The van der Waals surface area contributed by atoms with Gasteiger partial charge in [-0.05, 0) is 42.8 Å². The third kappa shape index (κ3) is 3.15. The number of hydrogen-bond acceptors (Lipinski definition) is 6. The van der Waals surface area contributed by atoms with Crippen LogP contribution >= 0.6 is 0 Å². The molecule has 35 heavy (non-hydrogen) atoms. The molecule has 0 atom stereocenters. The van der Waals surface area contributed by atoms with E-state index in [0.717, 1.165) is 15.7 Å². The Hall–Kier alpha value is -4.98. The van der Waals surface area contributed by atoms with E-state index in [0.29, 0.717) is 16.7 Å². The second-order valence-electron chi connectivity index (χ2n) is 8.24. The lowest BCUT2D eigenvalue weighted by molar-refractivity contribution is -0.384. The first-order valence-corrected chi connectivity index (χ1v) is 10.8. The van der Waals surface area contributed by atoms with Gasteiger partial charge in [0.05, 0.1) is 16.1 Å². The van der Waals surface area contributed by atoms with Crippen molar-refractivity contribution in [2.24, 2.45) is 0 Å². The Morgan fingerprint density at radius 1 is 0.714 bits per heavy atom. The molecule has 0 bridgehead atoms. The van der Waals surface area contributed by atoms with Gasteiger partial charge in [0.15, 0.2) is 11.2 Å². The number of rotatable bonds is 2. The molecule has 170 valence electrons. The molecule has 0 fully saturated rings. The summed E-state index contributed by atoms with van der Waals surface area (Å²) < 4.78 is 12.3. The maximum absolute atomic E-state index is 13.3. The second-order valence-corrected chi connectivity index (χ2v) is 8.24. The summed E-state index contributed by atoms with van der Waals surface area (Å²) in [5.41, 5.74) is 2.03. The molecule has 2 heterocycles. The molecular weight excluding hydrogens is 448 g/mol. The summed E-state index contributed by atoms with van der Waals surface area (Å²) in [5.74, 6) is -1.34. The number of fused-ring (bicyclic) bond motifs is 5. The van der Waals surface area contributed by atoms with Crippen molar-refractivity contribution in [3.05, 3.63) is 106 Å². The Kier molecular flexibility index (Phi) is 4.43. The van der Waals surface area contributed by atoms with Crippen molar-refractivity contribution < 1.29 is 23.3 Å². The first kappa shape index (κ1) is 20.6. The molecule has 0 unspecified atom stereocenters. The Labute approximate surface area is 197 Å². The van der Waals surface area contributed by atoms with Crippen LogP contribution in [0.3, 0.4) is 0 Å². The standard InChI is InChI=1S/C27H16N2O6/c1-15-10-11-20(21(12-15)29(32)33)28-26(30)18-13-24-25(14-19(18)27(28)31)35-23-9-5-3-7-17(23)16-6-2-4-8-22(16)34-24/h2-14H,1H3. The van der Waals surface area contributed by atoms with Crippen LogP contribution in [0.4, 0.5) is 11.4 Å². The molecule has 0 radical (unpaired) electrons. The Bertz CT molecular complexity index is 1690. The van der Waals surface area contributed by atoms with Crippen molar-refractivity contribution in [3.8, 4) is 0 Å². The number of carbonyl (C=O) groups is 2. The van der Waals surface area contributed by atoms with E-state index in [1.807, 2.05) is 48.5 Å². The van der Waals surface area contributed by atoms with E-state index < -0.39 is 16.7 Å². The molecule has 5 aromatic rings. The number of nitro groups is 1.